The number of likely N-dealkylation sites (tertiary alicyclic amines) is 1. The summed E-state index contributed by atoms with van der Waals surface area (Å²) in [4.78, 5) is 70.1. The first-order valence-corrected chi connectivity index (χ1v) is 23.2. The zero-order chi connectivity index (χ0) is 45.2. The molecule has 3 aliphatic rings. The number of hydrogen-bond donors (Lipinski definition) is 3. The van der Waals surface area contributed by atoms with Crippen LogP contribution in [0, 0.1) is 17.3 Å². The molecular formula is C47H64N8O7S. The number of nitrogens with zero attached hydrogens (tertiary/aromatic N) is 6. The third-order valence-electron chi connectivity index (χ3n) is 12.9. The normalized spacial score (nSPS) is 21.9. The molecule has 3 amide bonds. The summed E-state index contributed by atoms with van der Waals surface area (Å²) in [5.41, 5.74) is 9.34. The van der Waals surface area contributed by atoms with Gasteiger partial charge in [0.05, 0.1) is 47.3 Å². The summed E-state index contributed by atoms with van der Waals surface area (Å²) in [6.45, 7) is 15.0. The fourth-order valence-electron chi connectivity index (χ4n) is 9.55. The number of thiazole rings is 1. The van der Waals surface area contributed by atoms with Gasteiger partial charge in [-0.15, -0.1) is 11.3 Å². The van der Waals surface area contributed by atoms with Gasteiger partial charge < -0.3 is 34.3 Å². The largest absolute Gasteiger partial charge is 0.464 e. The lowest BCUT2D eigenvalue weighted by Gasteiger charge is -2.37. The highest BCUT2D eigenvalue weighted by Crippen LogP contribution is 2.42. The fraction of sp³-hybridized carbons (Fsp3) is 0.574. The number of β-amino-alcohol motifs (C(OH)–C–C–N with tert-alkyl or cyclic N) is 1. The van der Waals surface area contributed by atoms with Crippen molar-refractivity contribution in [3.63, 3.8) is 0 Å². The first-order chi connectivity index (χ1) is 30.1. The highest BCUT2D eigenvalue weighted by Gasteiger charge is 2.40. The summed E-state index contributed by atoms with van der Waals surface area (Å²) in [6, 6.07) is 7.77. The Morgan fingerprint density at radius 3 is 2.68 bits per heavy atom. The summed E-state index contributed by atoms with van der Waals surface area (Å²) in [5, 5.41) is 17.6. The fourth-order valence-corrected chi connectivity index (χ4v) is 10.4. The lowest BCUT2D eigenvalue weighted by molar-refractivity contribution is -0.155. The molecule has 0 spiro atoms. The van der Waals surface area contributed by atoms with Crippen LogP contribution >= 0.6 is 11.3 Å². The SMILES string of the molecule is CCn1c(-c2cccnc2[C@H](C)OC)c2c3cc(ccc31)-c1csc(n1)C[C@H](NC(=O)[C@H](C(C)C)N(C)C(=O)[C@H]1CCN(CCO)C1)C(=O)N1CCC[C@H](N1)C(=O)OCC(C)(C)C2. The van der Waals surface area contributed by atoms with E-state index in [0.29, 0.717) is 63.4 Å². The molecular weight excluding hydrogens is 821 g/mol. The molecule has 16 heteroatoms. The standard InChI is InChI=1S/C47H64N8O7S/c1-9-54-38-15-14-30-22-33(38)34(42(54)32-12-10-17-48-40(32)29(4)61-8)24-47(5,6)27-62-46(60)35-13-11-18-55(51-35)45(59)36(23-39-49-37(30)26-63-39)50-43(57)41(28(2)3)52(7)44(58)31-16-19-53(25-31)20-21-56/h10,12,14-15,17,22,26,28-29,31,35-36,41,51,56H,9,11,13,16,18-21,23-25,27H2,1-8H3,(H,50,57)/t29-,31-,35-,36-,41-/m0/s1. The second-order valence-electron chi connectivity index (χ2n) is 18.4. The summed E-state index contributed by atoms with van der Waals surface area (Å²) in [7, 11) is 3.34. The minimum atomic E-state index is -1.05. The maximum absolute atomic E-state index is 14.6. The summed E-state index contributed by atoms with van der Waals surface area (Å²) < 4.78 is 14.2. The van der Waals surface area contributed by atoms with E-state index in [1.54, 1.807) is 20.4 Å². The van der Waals surface area contributed by atoms with E-state index in [9.17, 15) is 24.3 Å². The molecule has 2 fully saturated rings. The Hall–Kier alpha value is -4.74. The van der Waals surface area contributed by atoms with Crippen LogP contribution < -0.4 is 10.7 Å². The number of esters is 1. The molecule has 5 atom stereocenters. The Morgan fingerprint density at radius 2 is 1.95 bits per heavy atom. The monoisotopic (exact) mass is 884 g/mol. The number of pyridine rings is 1. The predicted molar refractivity (Wildman–Crippen MR) is 242 cm³/mol. The number of aliphatic hydroxyl groups excluding tert-OH is 1. The van der Waals surface area contributed by atoms with Gasteiger partial charge in [0, 0.05) is 85.8 Å². The second-order valence-corrected chi connectivity index (χ2v) is 19.4. The van der Waals surface area contributed by atoms with Crippen molar-refractivity contribution in [2.75, 3.05) is 53.6 Å². The molecule has 340 valence electrons. The van der Waals surface area contributed by atoms with E-state index < -0.39 is 41.3 Å². The van der Waals surface area contributed by atoms with E-state index in [-0.39, 0.29) is 43.5 Å². The lowest BCUT2D eigenvalue weighted by atomic mass is 9.84. The summed E-state index contributed by atoms with van der Waals surface area (Å²) in [5.74, 6) is -1.98. The molecule has 0 saturated carbocycles. The maximum atomic E-state index is 14.6. The van der Waals surface area contributed by atoms with Gasteiger partial charge in [-0.2, -0.15) is 0 Å². The zero-order valence-electron chi connectivity index (χ0n) is 38.0. The van der Waals surface area contributed by atoms with Crippen LogP contribution in [-0.4, -0.2) is 130 Å². The minimum Gasteiger partial charge on any atom is -0.464 e. The van der Waals surface area contributed by atoms with E-state index in [1.165, 1.54) is 21.2 Å². The molecule has 0 radical (unpaired) electrons. The predicted octanol–water partition coefficient (Wildman–Crippen LogP) is 5.00. The number of hydrazine groups is 1. The van der Waals surface area contributed by atoms with Gasteiger partial charge in [0.2, 0.25) is 11.8 Å². The molecule has 2 saturated heterocycles. The number of aromatic nitrogens is 3. The van der Waals surface area contributed by atoms with Gasteiger partial charge >= 0.3 is 5.97 Å². The number of benzene rings is 1. The van der Waals surface area contributed by atoms with Gasteiger partial charge in [0.1, 0.15) is 18.1 Å². The third kappa shape index (κ3) is 9.85. The average molecular weight is 885 g/mol. The Labute approximate surface area is 374 Å². The van der Waals surface area contributed by atoms with E-state index >= 15 is 0 Å². The molecule has 7 rings (SSSR count). The van der Waals surface area contributed by atoms with Crippen LogP contribution in [0.5, 0.6) is 0 Å². The number of nitrogens with one attached hydrogen (secondary N) is 2. The van der Waals surface area contributed by atoms with Crippen LogP contribution in [0.1, 0.15) is 83.2 Å². The van der Waals surface area contributed by atoms with Crippen LogP contribution in [0.3, 0.4) is 0 Å². The highest BCUT2D eigenvalue weighted by molar-refractivity contribution is 7.10. The van der Waals surface area contributed by atoms with E-state index in [1.807, 2.05) is 32.2 Å². The highest BCUT2D eigenvalue weighted by atomic mass is 32.1. The Bertz CT molecular complexity index is 2310. The number of ether oxygens (including phenoxy) is 2. The lowest BCUT2D eigenvalue weighted by Crippen LogP contribution is -2.62. The molecule has 0 aliphatic carbocycles. The number of amides is 3. The van der Waals surface area contributed by atoms with Crippen molar-refractivity contribution in [2.24, 2.45) is 17.3 Å². The molecule has 0 unspecified atom stereocenters. The van der Waals surface area contributed by atoms with Crippen molar-refractivity contribution in [2.45, 2.75) is 104 Å². The average Bonchev–Trinajstić information content (AvgIpc) is 4.02. The number of aliphatic hydroxyl groups is 1. The topological polar surface area (TPSA) is 171 Å². The quantitative estimate of drug-likeness (QED) is 0.173. The number of rotatable bonds is 11. The molecule has 3 aromatic heterocycles. The first-order valence-electron chi connectivity index (χ1n) is 22.4. The summed E-state index contributed by atoms with van der Waals surface area (Å²) in [6.07, 6.45) is 3.91. The number of methoxy groups -OCH3 is 1. The van der Waals surface area contributed by atoms with Crippen LogP contribution in [0.25, 0.3) is 33.4 Å². The van der Waals surface area contributed by atoms with Crippen molar-refractivity contribution in [3.05, 3.63) is 58.2 Å². The number of carbonyl (C=O) groups excluding carboxylic acids is 4. The van der Waals surface area contributed by atoms with Gasteiger partial charge in [0.15, 0.2) is 0 Å². The van der Waals surface area contributed by atoms with Gasteiger partial charge in [0.25, 0.3) is 5.91 Å². The summed E-state index contributed by atoms with van der Waals surface area (Å²) >= 11 is 1.42. The second kappa shape index (κ2) is 19.6. The van der Waals surface area contributed by atoms with Gasteiger partial charge in [-0.05, 0) is 81.8 Å². The molecule has 3 N–H and O–H groups in total. The van der Waals surface area contributed by atoms with Gasteiger partial charge in [-0.3, -0.25) is 29.2 Å². The molecule has 1 aromatic carbocycles. The van der Waals surface area contributed by atoms with Crippen molar-refractivity contribution < 1.29 is 33.8 Å². The van der Waals surface area contributed by atoms with E-state index in [0.717, 1.165) is 44.7 Å². The Kier molecular flexibility index (Phi) is 14.4. The molecule has 3 aliphatic heterocycles. The number of cyclic esters (lactones) is 1. The maximum Gasteiger partial charge on any atom is 0.324 e. The zero-order valence-corrected chi connectivity index (χ0v) is 38.8. The molecule has 15 nitrogen and oxygen atoms in total. The molecule has 4 aromatic rings. The smallest absolute Gasteiger partial charge is 0.324 e. The van der Waals surface area contributed by atoms with Crippen molar-refractivity contribution in [3.8, 4) is 22.5 Å². The van der Waals surface area contributed by atoms with Gasteiger partial charge in [-0.1, -0.05) is 33.8 Å². The Balaban J connectivity index is 1.27. The third-order valence-corrected chi connectivity index (χ3v) is 13.7. The van der Waals surface area contributed by atoms with Crippen LogP contribution in [-0.2, 0) is 48.0 Å². The Morgan fingerprint density at radius 1 is 1.16 bits per heavy atom. The van der Waals surface area contributed by atoms with Crippen LogP contribution in [0.15, 0.2) is 41.9 Å². The van der Waals surface area contributed by atoms with Crippen molar-refractivity contribution in [1.82, 2.24) is 40.1 Å². The number of aryl methyl sites for hydroxylation is 1. The minimum absolute atomic E-state index is 0.0164. The number of fused-ring (bicyclic) bond motifs is 6. The number of carbonyl (C=O) groups is 4. The first kappa shape index (κ1) is 46.3. The van der Waals surface area contributed by atoms with Crippen LogP contribution in [0.2, 0.25) is 0 Å². The molecule has 6 bridgehead atoms. The number of likely N-dealkylation sites (N-methyl/N-ethyl adjacent to an activating group) is 1. The van der Waals surface area contributed by atoms with Gasteiger partial charge in [-0.25, -0.2) is 10.4 Å². The van der Waals surface area contributed by atoms with Crippen LogP contribution in [0.4, 0.5) is 0 Å². The van der Waals surface area contributed by atoms with E-state index in [4.69, 9.17) is 19.4 Å². The van der Waals surface area contributed by atoms with Crippen molar-refractivity contribution >= 4 is 45.9 Å². The van der Waals surface area contributed by atoms with E-state index in [2.05, 4.69) is 65.2 Å². The van der Waals surface area contributed by atoms with Crippen molar-refractivity contribution in [1.29, 1.82) is 0 Å². The molecule has 63 heavy (non-hydrogen) atoms. The molecule has 6 heterocycles. The number of hydrogen-bond acceptors (Lipinski definition) is 12.